The first-order valence-corrected chi connectivity index (χ1v) is 8.57. The molecule has 0 aromatic carbocycles. The summed E-state index contributed by atoms with van der Waals surface area (Å²) in [6, 6.07) is 3.04. The van der Waals surface area contributed by atoms with Gasteiger partial charge in [-0.2, -0.15) is 4.31 Å². The number of nitrogens with two attached hydrogens (primary N) is 1. The maximum atomic E-state index is 12.5. The summed E-state index contributed by atoms with van der Waals surface area (Å²) in [5.41, 5.74) is 5.38. The quantitative estimate of drug-likeness (QED) is 0.347. The van der Waals surface area contributed by atoms with E-state index in [0.29, 0.717) is 0 Å². The Labute approximate surface area is 125 Å². The lowest BCUT2D eigenvalue weighted by molar-refractivity contribution is 0.313. The van der Waals surface area contributed by atoms with Gasteiger partial charge in [0.1, 0.15) is 10.0 Å². The van der Waals surface area contributed by atoms with E-state index >= 15 is 0 Å². The summed E-state index contributed by atoms with van der Waals surface area (Å²) < 4.78 is 27.3. The third kappa shape index (κ3) is 4.16. The average Bonchev–Trinajstić information content (AvgIpc) is 2.75. The van der Waals surface area contributed by atoms with Crippen LogP contribution in [0.3, 0.4) is 0 Å². The third-order valence-electron chi connectivity index (χ3n) is 2.40. The van der Waals surface area contributed by atoms with Crippen LogP contribution in [0.4, 0.5) is 0 Å². The van der Waals surface area contributed by atoms with Crippen molar-refractivity contribution >= 4 is 43.1 Å². The highest BCUT2D eigenvalue weighted by Crippen LogP contribution is 2.29. The van der Waals surface area contributed by atoms with Crippen LogP contribution in [0.15, 0.2) is 25.3 Å². The van der Waals surface area contributed by atoms with Crippen LogP contribution in [0.1, 0.15) is 20.3 Å². The first-order chi connectivity index (χ1) is 8.78. The second kappa shape index (κ2) is 6.69. The minimum absolute atomic E-state index is 0.00760. The van der Waals surface area contributed by atoms with Crippen molar-refractivity contribution in [2.75, 3.05) is 6.54 Å². The minimum Gasteiger partial charge on any atom is -0.409 e. The lowest BCUT2D eigenvalue weighted by atomic mass is 10.3. The summed E-state index contributed by atoms with van der Waals surface area (Å²) >= 11 is 4.40. The number of hydrogen-bond donors (Lipinski definition) is 2. The van der Waals surface area contributed by atoms with Crippen LogP contribution < -0.4 is 5.73 Å². The average molecular weight is 370 g/mol. The van der Waals surface area contributed by atoms with Crippen LogP contribution >= 0.6 is 27.3 Å². The lowest BCUT2D eigenvalue weighted by Gasteiger charge is -2.24. The minimum atomic E-state index is -3.55. The zero-order valence-corrected chi connectivity index (χ0v) is 13.8. The van der Waals surface area contributed by atoms with Crippen molar-refractivity contribution in [2.24, 2.45) is 10.9 Å². The second-order valence-corrected chi connectivity index (χ2v) is 8.69. The molecule has 0 radical (unpaired) electrons. The van der Waals surface area contributed by atoms with Crippen molar-refractivity contribution in [3.8, 4) is 0 Å². The van der Waals surface area contributed by atoms with Crippen molar-refractivity contribution < 1.29 is 13.6 Å². The standard InChI is InChI=1S/C10H16BrN3O3S2/c1-7(2)14(6-5-9(12)13-15)19(16,17)10-4-3-8(11)18-10/h3-4,7,15H,5-6H2,1-2H3,(H2,12,13). The highest BCUT2D eigenvalue weighted by molar-refractivity contribution is 9.11. The molecule has 19 heavy (non-hydrogen) atoms. The Bertz CT molecular complexity index is 554. The molecule has 1 aromatic heterocycles. The van der Waals surface area contributed by atoms with Gasteiger partial charge in [-0.3, -0.25) is 0 Å². The van der Waals surface area contributed by atoms with E-state index in [1.165, 1.54) is 4.31 Å². The normalized spacial score (nSPS) is 13.4. The summed E-state index contributed by atoms with van der Waals surface area (Å²) in [6.07, 6.45) is 0.181. The molecule has 108 valence electrons. The van der Waals surface area contributed by atoms with Crippen molar-refractivity contribution in [2.45, 2.75) is 30.5 Å². The molecule has 0 aliphatic carbocycles. The number of amidine groups is 1. The molecular weight excluding hydrogens is 354 g/mol. The summed E-state index contributed by atoms with van der Waals surface area (Å²) in [5, 5.41) is 11.3. The highest BCUT2D eigenvalue weighted by atomic mass is 79.9. The molecule has 0 aliphatic heterocycles. The fourth-order valence-corrected chi connectivity index (χ4v) is 5.26. The van der Waals surface area contributed by atoms with E-state index in [1.54, 1.807) is 26.0 Å². The number of oxime groups is 1. The number of hydrogen-bond acceptors (Lipinski definition) is 5. The Hall–Kier alpha value is -0.640. The molecule has 1 aromatic rings. The van der Waals surface area contributed by atoms with E-state index in [-0.39, 0.29) is 29.1 Å². The van der Waals surface area contributed by atoms with Gasteiger partial charge in [0.15, 0.2) is 0 Å². The molecule has 0 saturated carbocycles. The Kier molecular flexibility index (Phi) is 5.78. The smallest absolute Gasteiger partial charge is 0.252 e. The van der Waals surface area contributed by atoms with Crippen LogP contribution in [-0.2, 0) is 10.0 Å². The monoisotopic (exact) mass is 369 g/mol. The van der Waals surface area contributed by atoms with Crippen molar-refractivity contribution in [3.05, 3.63) is 15.9 Å². The summed E-state index contributed by atoms with van der Waals surface area (Å²) in [4.78, 5) is 0. The first-order valence-electron chi connectivity index (χ1n) is 5.52. The molecule has 0 aliphatic rings. The Morgan fingerprint density at radius 2 is 2.21 bits per heavy atom. The van der Waals surface area contributed by atoms with Gasteiger partial charge in [0.25, 0.3) is 10.0 Å². The topological polar surface area (TPSA) is 96.0 Å². The van der Waals surface area contributed by atoms with E-state index in [4.69, 9.17) is 10.9 Å². The molecule has 0 unspecified atom stereocenters. The fourth-order valence-electron chi connectivity index (χ4n) is 1.48. The summed E-state index contributed by atoms with van der Waals surface area (Å²) in [7, 11) is -3.55. The van der Waals surface area contributed by atoms with Gasteiger partial charge in [0, 0.05) is 19.0 Å². The van der Waals surface area contributed by atoms with Gasteiger partial charge in [-0.1, -0.05) is 5.16 Å². The summed E-state index contributed by atoms with van der Waals surface area (Å²) in [6.45, 7) is 3.74. The fraction of sp³-hybridized carbons (Fsp3) is 0.500. The number of thiophene rings is 1. The first kappa shape index (κ1) is 16.4. The zero-order chi connectivity index (χ0) is 14.6. The predicted octanol–water partition coefficient (Wildman–Crippen LogP) is 2.05. The Morgan fingerprint density at radius 1 is 1.58 bits per heavy atom. The van der Waals surface area contributed by atoms with E-state index in [9.17, 15) is 8.42 Å². The van der Waals surface area contributed by atoms with E-state index in [1.807, 2.05) is 0 Å². The van der Waals surface area contributed by atoms with Gasteiger partial charge < -0.3 is 10.9 Å². The van der Waals surface area contributed by atoms with Crippen molar-refractivity contribution in [1.29, 1.82) is 0 Å². The molecule has 0 bridgehead atoms. The summed E-state index contributed by atoms with van der Waals surface area (Å²) in [5.74, 6) is 0.00760. The van der Waals surface area contributed by atoms with Gasteiger partial charge in [-0.15, -0.1) is 11.3 Å². The van der Waals surface area contributed by atoms with Crippen LogP contribution in [0.5, 0.6) is 0 Å². The van der Waals surface area contributed by atoms with Crippen LogP contribution in [-0.4, -0.2) is 36.4 Å². The molecule has 0 saturated heterocycles. The predicted molar refractivity (Wildman–Crippen MR) is 79.1 cm³/mol. The maximum Gasteiger partial charge on any atom is 0.252 e. The molecule has 1 heterocycles. The molecule has 3 N–H and O–H groups in total. The molecule has 1 rings (SSSR count). The third-order valence-corrected chi connectivity index (χ3v) is 6.57. The van der Waals surface area contributed by atoms with Gasteiger partial charge >= 0.3 is 0 Å². The molecule has 0 amide bonds. The molecule has 0 atom stereocenters. The molecule has 9 heteroatoms. The second-order valence-electron chi connectivity index (χ2n) is 4.11. The number of rotatable bonds is 6. The highest BCUT2D eigenvalue weighted by Gasteiger charge is 2.28. The molecule has 0 fully saturated rings. The van der Waals surface area contributed by atoms with Crippen LogP contribution in [0.2, 0.25) is 0 Å². The van der Waals surface area contributed by atoms with Gasteiger partial charge in [0.05, 0.1) is 3.79 Å². The number of sulfonamides is 1. The lowest BCUT2D eigenvalue weighted by Crippen LogP contribution is -2.38. The van der Waals surface area contributed by atoms with Crippen LogP contribution in [0, 0.1) is 0 Å². The number of halogens is 1. The Balaban J connectivity index is 2.98. The van der Waals surface area contributed by atoms with E-state index < -0.39 is 10.0 Å². The van der Waals surface area contributed by atoms with Gasteiger partial charge in [-0.05, 0) is 41.9 Å². The zero-order valence-electron chi connectivity index (χ0n) is 10.6. The maximum absolute atomic E-state index is 12.5. The van der Waals surface area contributed by atoms with E-state index in [2.05, 4.69) is 21.1 Å². The molecular formula is C10H16BrN3O3S2. The van der Waals surface area contributed by atoms with Crippen molar-refractivity contribution in [1.82, 2.24) is 4.31 Å². The van der Waals surface area contributed by atoms with Crippen molar-refractivity contribution in [3.63, 3.8) is 0 Å². The molecule has 6 nitrogen and oxygen atoms in total. The SMILES string of the molecule is CC(C)N(CCC(N)=NO)S(=O)(=O)c1ccc(Br)s1. The van der Waals surface area contributed by atoms with Gasteiger partial charge in [-0.25, -0.2) is 8.42 Å². The largest absolute Gasteiger partial charge is 0.409 e. The molecule has 0 spiro atoms. The Morgan fingerprint density at radius 3 is 2.63 bits per heavy atom. The van der Waals surface area contributed by atoms with Crippen LogP contribution in [0.25, 0.3) is 0 Å². The van der Waals surface area contributed by atoms with E-state index in [0.717, 1.165) is 15.1 Å². The number of nitrogens with zero attached hydrogens (tertiary/aromatic N) is 2. The van der Waals surface area contributed by atoms with Gasteiger partial charge in [0.2, 0.25) is 0 Å².